The summed E-state index contributed by atoms with van der Waals surface area (Å²) in [5, 5.41) is 10.9. The van der Waals surface area contributed by atoms with Crippen molar-refractivity contribution in [3.63, 3.8) is 0 Å². The Balaban J connectivity index is 1.80. The minimum atomic E-state index is -0.662. The molecule has 0 spiro atoms. The quantitative estimate of drug-likeness (QED) is 0.233. The fourth-order valence-corrected chi connectivity index (χ4v) is 11.1. The molecule has 3 saturated carbocycles. The van der Waals surface area contributed by atoms with Crippen molar-refractivity contribution in [3.8, 4) is 0 Å². The van der Waals surface area contributed by atoms with Crippen LogP contribution in [-0.2, 0) is 11.2 Å². The Kier molecular flexibility index (Phi) is 12.3. The van der Waals surface area contributed by atoms with Gasteiger partial charge in [0.1, 0.15) is 0 Å². The van der Waals surface area contributed by atoms with E-state index < -0.39 is 5.97 Å². The third-order valence-electron chi connectivity index (χ3n) is 13.6. The van der Waals surface area contributed by atoms with Crippen LogP contribution in [0.1, 0.15) is 180 Å². The molecule has 0 amide bonds. The molecule has 264 valence electrons. The number of hydrogen-bond acceptors (Lipinski definition) is 1. The van der Waals surface area contributed by atoms with Crippen molar-refractivity contribution in [2.24, 2.45) is 53.3 Å². The van der Waals surface area contributed by atoms with Gasteiger partial charge in [-0.3, -0.25) is 4.79 Å². The third-order valence-corrected chi connectivity index (χ3v) is 13.6. The van der Waals surface area contributed by atoms with Crippen LogP contribution in [0.15, 0.2) is 18.2 Å². The summed E-state index contributed by atoms with van der Waals surface area (Å²) in [5.74, 6) is 7.16. The number of rotatable bonds is 12. The summed E-state index contributed by atoms with van der Waals surface area (Å²) in [6, 6.07) is 7.93. The highest BCUT2D eigenvalue weighted by Crippen LogP contribution is 2.56. The Morgan fingerprint density at radius 2 is 1.28 bits per heavy atom. The lowest BCUT2D eigenvalue weighted by Crippen LogP contribution is -2.35. The fourth-order valence-electron chi connectivity index (χ4n) is 11.1. The van der Waals surface area contributed by atoms with Crippen LogP contribution in [0.5, 0.6) is 0 Å². The first-order chi connectivity index (χ1) is 22.4. The van der Waals surface area contributed by atoms with Crippen LogP contribution in [0.3, 0.4) is 0 Å². The van der Waals surface area contributed by atoms with E-state index >= 15 is 0 Å². The molecule has 1 N–H and O–H groups in total. The molecule has 1 aromatic carbocycles. The normalized spacial score (nSPS) is 32.1. The van der Waals surface area contributed by atoms with E-state index in [0.717, 1.165) is 61.2 Å². The van der Waals surface area contributed by atoms with E-state index in [4.69, 9.17) is 0 Å². The van der Waals surface area contributed by atoms with Crippen LogP contribution < -0.4 is 0 Å². The Hall–Kier alpha value is -1.77. The first kappa shape index (κ1) is 36.5. The molecule has 47 heavy (non-hydrogen) atoms. The largest absolute Gasteiger partial charge is 0.481 e. The number of aromatic nitrogens is 1. The van der Waals surface area contributed by atoms with Gasteiger partial charge in [0.25, 0.3) is 0 Å². The van der Waals surface area contributed by atoms with Crippen LogP contribution >= 0.6 is 0 Å². The van der Waals surface area contributed by atoms with Crippen molar-refractivity contribution in [1.82, 2.24) is 4.57 Å². The summed E-state index contributed by atoms with van der Waals surface area (Å²) in [6.45, 7) is 22.6. The Bertz CT molecular complexity index is 1320. The second kappa shape index (κ2) is 15.8. The van der Waals surface area contributed by atoms with Crippen LogP contribution in [0.25, 0.3) is 10.9 Å². The van der Waals surface area contributed by atoms with E-state index in [1.165, 1.54) is 57.8 Å². The molecule has 2 aromatic rings. The summed E-state index contributed by atoms with van der Waals surface area (Å²) < 4.78 is 3.06. The molecule has 3 nitrogen and oxygen atoms in total. The number of unbranched alkanes of at least 4 members (excludes halogenated alkanes) is 2. The molecule has 0 bridgehead atoms. The first-order valence-electron chi connectivity index (χ1n) is 20.3. The van der Waals surface area contributed by atoms with E-state index in [1.807, 2.05) is 0 Å². The van der Waals surface area contributed by atoms with Crippen LogP contribution in [0.2, 0.25) is 0 Å². The molecule has 3 fully saturated rings. The van der Waals surface area contributed by atoms with Crippen molar-refractivity contribution in [3.05, 3.63) is 35.0 Å². The number of carboxylic acids is 1. The predicted octanol–water partition coefficient (Wildman–Crippen LogP) is 12.8. The molecule has 1 heterocycles. The van der Waals surface area contributed by atoms with Gasteiger partial charge in [0, 0.05) is 35.0 Å². The fraction of sp³-hybridized carbons (Fsp3) is 0.795. The summed E-state index contributed by atoms with van der Waals surface area (Å²) in [5.41, 5.74) is 6.67. The van der Waals surface area contributed by atoms with Crippen LogP contribution in [-0.4, -0.2) is 15.6 Å². The molecule has 9 unspecified atom stereocenters. The van der Waals surface area contributed by atoms with Crippen LogP contribution in [0, 0.1) is 53.3 Å². The van der Waals surface area contributed by atoms with Gasteiger partial charge in [-0.05, 0) is 134 Å². The lowest BCUT2D eigenvalue weighted by atomic mass is 9.63. The number of aryl methyl sites for hydroxylation is 1. The van der Waals surface area contributed by atoms with Gasteiger partial charge in [-0.25, -0.2) is 0 Å². The summed E-state index contributed by atoms with van der Waals surface area (Å²) in [4.78, 5) is 11.3. The Morgan fingerprint density at radius 3 is 1.87 bits per heavy atom. The highest BCUT2D eigenvalue weighted by Gasteiger charge is 2.44. The SMILES string of the molecule is CC1CCC(C(C)C)C(c2c(C3CC(C)CCC3C(C)C)n(C3CC(C)CCC3C(C)C)c3cccc(CCCCCC(=O)O)c23)C1. The molecule has 9 atom stereocenters. The lowest BCUT2D eigenvalue weighted by molar-refractivity contribution is -0.137. The lowest BCUT2D eigenvalue weighted by Gasteiger charge is -2.45. The smallest absolute Gasteiger partial charge is 0.303 e. The summed E-state index contributed by atoms with van der Waals surface area (Å²) in [7, 11) is 0. The van der Waals surface area contributed by atoms with Crippen molar-refractivity contribution in [2.45, 2.75) is 170 Å². The molecule has 3 heteroatoms. The number of aliphatic carboxylic acids is 1. The average molecular weight is 646 g/mol. The number of hydrogen-bond donors (Lipinski definition) is 1. The first-order valence-corrected chi connectivity index (χ1v) is 20.3. The highest BCUT2D eigenvalue weighted by molar-refractivity contribution is 5.90. The van der Waals surface area contributed by atoms with Gasteiger partial charge in [-0.1, -0.05) is 100 Å². The highest BCUT2D eigenvalue weighted by atomic mass is 16.4. The van der Waals surface area contributed by atoms with Gasteiger partial charge in [0.05, 0.1) is 0 Å². The number of carbonyl (C=O) groups is 1. The summed E-state index contributed by atoms with van der Waals surface area (Å²) in [6.07, 6.45) is 16.4. The van der Waals surface area contributed by atoms with E-state index in [2.05, 4.69) is 85.1 Å². The van der Waals surface area contributed by atoms with E-state index in [9.17, 15) is 9.90 Å². The predicted molar refractivity (Wildman–Crippen MR) is 200 cm³/mol. The topological polar surface area (TPSA) is 42.2 Å². The standard InChI is InChI=1S/C44H71NO2/c1-27(2)34-21-18-30(7)24-37(34)43-42-33(14-11-10-12-17-41(46)47)15-13-16-39(42)45(40-26-32(9)20-23-36(40)29(5)6)44(43)38-25-31(8)19-22-35(38)28(3)4/h13,15-16,27-32,34-38,40H,10-12,14,17-26H2,1-9H3,(H,46,47). The van der Waals surface area contributed by atoms with Crippen LogP contribution in [0.4, 0.5) is 0 Å². The van der Waals surface area contributed by atoms with Gasteiger partial charge in [-0.2, -0.15) is 0 Å². The second-order valence-electron chi connectivity index (χ2n) is 18.2. The molecule has 0 radical (unpaired) electrons. The molecule has 0 saturated heterocycles. The zero-order chi connectivity index (χ0) is 34.0. The van der Waals surface area contributed by atoms with Gasteiger partial charge in [0.15, 0.2) is 0 Å². The van der Waals surface area contributed by atoms with Crippen molar-refractivity contribution in [2.75, 3.05) is 0 Å². The molecule has 1 aromatic heterocycles. The molecule has 3 aliphatic carbocycles. The third kappa shape index (κ3) is 8.01. The van der Waals surface area contributed by atoms with E-state index in [0.29, 0.717) is 42.1 Å². The van der Waals surface area contributed by atoms with E-state index in [1.54, 1.807) is 27.7 Å². The average Bonchev–Trinajstić information content (AvgIpc) is 3.35. The summed E-state index contributed by atoms with van der Waals surface area (Å²) >= 11 is 0. The number of fused-ring (bicyclic) bond motifs is 1. The maximum Gasteiger partial charge on any atom is 0.303 e. The molecule has 0 aliphatic heterocycles. The van der Waals surface area contributed by atoms with Gasteiger partial charge < -0.3 is 9.67 Å². The maximum atomic E-state index is 11.3. The van der Waals surface area contributed by atoms with Gasteiger partial charge in [0.2, 0.25) is 0 Å². The minimum absolute atomic E-state index is 0.291. The van der Waals surface area contributed by atoms with E-state index in [-0.39, 0.29) is 0 Å². The minimum Gasteiger partial charge on any atom is -0.481 e. The molecular weight excluding hydrogens is 574 g/mol. The molecule has 5 rings (SSSR count). The zero-order valence-electron chi connectivity index (χ0n) is 31.9. The number of carboxylic acid groups (broad SMARTS) is 1. The Morgan fingerprint density at radius 1 is 0.723 bits per heavy atom. The van der Waals surface area contributed by atoms with Gasteiger partial charge >= 0.3 is 5.97 Å². The molecule has 3 aliphatic rings. The van der Waals surface area contributed by atoms with Crippen molar-refractivity contribution >= 4 is 16.9 Å². The maximum absolute atomic E-state index is 11.3. The second-order valence-corrected chi connectivity index (χ2v) is 18.2. The van der Waals surface area contributed by atoms with Gasteiger partial charge in [-0.15, -0.1) is 0 Å². The number of benzene rings is 1. The van der Waals surface area contributed by atoms with Crippen molar-refractivity contribution in [1.29, 1.82) is 0 Å². The number of nitrogens with zero attached hydrogens (tertiary/aromatic N) is 1. The zero-order valence-corrected chi connectivity index (χ0v) is 31.9. The molecular formula is C44H71NO2. The monoisotopic (exact) mass is 646 g/mol. The van der Waals surface area contributed by atoms with Crippen molar-refractivity contribution < 1.29 is 9.90 Å². The Labute approximate surface area is 289 Å².